The Morgan fingerprint density at radius 3 is 2.37 bits per heavy atom. The molecule has 2 heteroatoms. The third-order valence-electron chi connectivity index (χ3n) is 4.63. The first-order valence-electron chi connectivity index (χ1n) is 7.78. The number of rotatable bonds is 3. The van der Waals surface area contributed by atoms with Gasteiger partial charge in [0.1, 0.15) is 0 Å². The lowest BCUT2D eigenvalue weighted by molar-refractivity contribution is -0.105. The fourth-order valence-corrected chi connectivity index (χ4v) is 3.42. The molecule has 0 aromatic heterocycles. The van der Waals surface area contributed by atoms with Crippen LogP contribution in [0.3, 0.4) is 0 Å². The van der Waals surface area contributed by atoms with Crippen LogP contribution in [-0.4, -0.2) is 5.79 Å². The van der Waals surface area contributed by atoms with Crippen molar-refractivity contribution in [3.8, 4) is 11.5 Å². The van der Waals surface area contributed by atoms with Gasteiger partial charge in [0, 0.05) is 12.8 Å². The molecule has 1 aromatic carbocycles. The second kappa shape index (κ2) is 5.07. The van der Waals surface area contributed by atoms with E-state index in [-0.39, 0.29) is 5.79 Å². The predicted molar refractivity (Wildman–Crippen MR) is 76.8 cm³/mol. The van der Waals surface area contributed by atoms with E-state index in [2.05, 4.69) is 32.0 Å². The molecular weight excluding hydrogens is 236 g/mol. The third kappa shape index (κ3) is 2.33. The van der Waals surface area contributed by atoms with Crippen LogP contribution in [0.25, 0.3) is 0 Å². The lowest BCUT2D eigenvalue weighted by Crippen LogP contribution is -2.40. The van der Waals surface area contributed by atoms with Gasteiger partial charge in [-0.3, -0.25) is 0 Å². The van der Waals surface area contributed by atoms with Crippen molar-refractivity contribution in [1.29, 1.82) is 0 Å². The van der Waals surface area contributed by atoms with Gasteiger partial charge in [-0.2, -0.15) is 0 Å². The van der Waals surface area contributed by atoms with Gasteiger partial charge in [0.05, 0.1) is 0 Å². The molecule has 1 aliphatic heterocycles. The number of hydrogen-bond donors (Lipinski definition) is 0. The van der Waals surface area contributed by atoms with E-state index in [1.165, 1.54) is 37.7 Å². The minimum Gasteiger partial charge on any atom is -0.448 e. The molecule has 0 saturated heterocycles. The summed E-state index contributed by atoms with van der Waals surface area (Å²) in [4.78, 5) is 0. The maximum atomic E-state index is 6.19. The van der Waals surface area contributed by atoms with Crippen molar-refractivity contribution in [2.45, 2.75) is 70.5 Å². The number of ether oxygens (including phenoxy) is 2. The Kier molecular flexibility index (Phi) is 3.42. The first-order chi connectivity index (χ1) is 9.26. The molecule has 0 radical (unpaired) electrons. The molecule has 0 amide bonds. The van der Waals surface area contributed by atoms with Crippen LogP contribution in [-0.2, 0) is 0 Å². The van der Waals surface area contributed by atoms with Crippen LogP contribution in [0.1, 0.15) is 70.3 Å². The Morgan fingerprint density at radius 1 is 1.00 bits per heavy atom. The van der Waals surface area contributed by atoms with Crippen LogP contribution >= 0.6 is 0 Å². The maximum absolute atomic E-state index is 6.19. The van der Waals surface area contributed by atoms with Gasteiger partial charge in [-0.15, -0.1) is 0 Å². The monoisotopic (exact) mass is 260 g/mol. The van der Waals surface area contributed by atoms with Crippen molar-refractivity contribution >= 4 is 0 Å². The molecule has 0 atom stereocenters. The Bertz CT molecular complexity index is 443. The standard InChI is InChI=1S/C17H24O2/c1-3-13(4-2)14-8-9-15-16(12-14)19-17(18-15)10-6-5-7-11-17/h8-9,12-13H,3-7,10-11H2,1-2H3. The van der Waals surface area contributed by atoms with E-state index in [0.29, 0.717) is 5.92 Å². The average Bonchev–Trinajstić information content (AvgIpc) is 2.77. The Hall–Kier alpha value is -1.18. The molecule has 0 bridgehead atoms. The van der Waals surface area contributed by atoms with Crippen molar-refractivity contribution in [3.05, 3.63) is 23.8 Å². The normalized spacial score (nSPS) is 20.2. The van der Waals surface area contributed by atoms with Gasteiger partial charge in [-0.25, -0.2) is 0 Å². The number of fused-ring (bicyclic) bond motifs is 1. The summed E-state index contributed by atoms with van der Waals surface area (Å²) in [5.74, 6) is 2.20. The summed E-state index contributed by atoms with van der Waals surface area (Å²) in [5.41, 5.74) is 1.39. The molecule has 1 spiro atoms. The highest BCUT2D eigenvalue weighted by molar-refractivity contribution is 5.46. The summed E-state index contributed by atoms with van der Waals surface area (Å²) in [6, 6.07) is 6.52. The van der Waals surface area contributed by atoms with Crippen molar-refractivity contribution < 1.29 is 9.47 Å². The Balaban J connectivity index is 1.83. The van der Waals surface area contributed by atoms with E-state index in [1.807, 2.05) is 0 Å². The van der Waals surface area contributed by atoms with Gasteiger partial charge in [-0.1, -0.05) is 26.3 Å². The molecule has 3 rings (SSSR count). The van der Waals surface area contributed by atoms with E-state index >= 15 is 0 Å². The molecule has 0 unspecified atom stereocenters. The summed E-state index contributed by atoms with van der Waals surface area (Å²) in [7, 11) is 0. The SMILES string of the molecule is CCC(CC)c1ccc2c(c1)OC1(CCCCC1)O2. The molecule has 2 nitrogen and oxygen atoms in total. The van der Waals surface area contributed by atoms with Gasteiger partial charge in [0.2, 0.25) is 0 Å². The maximum Gasteiger partial charge on any atom is 0.251 e. The van der Waals surface area contributed by atoms with Crippen LogP contribution in [0, 0.1) is 0 Å². The smallest absolute Gasteiger partial charge is 0.251 e. The summed E-state index contributed by atoms with van der Waals surface area (Å²) in [6.07, 6.45) is 8.16. The highest BCUT2D eigenvalue weighted by atomic mass is 16.7. The summed E-state index contributed by atoms with van der Waals surface area (Å²) < 4.78 is 12.3. The van der Waals surface area contributed by atoms with Crippen molar-refractivity contribution in [2.75, 3.05) is 0 Å². The Morgan fingerprint density at radius 2 is 1.68 bits per heavy atom. The summed E-state index contributed by atoms with van der Waals surface area (Å²) >= 11 is 0. The zero-order chi connectivity index (χ0) is 13.3. The first kappa shape index (κ1) is 12.8. The summed E-state index contributed by atoms with van der Waals surface area (Å²) in [6.45, 7) is 4.50. The van der Waals surface area contributed by atoms with Crippen molar-refractivity contribution in [2.24, 2.45) is 0 Å². The molecule has 0 N–H and O–H groups in total. The zero-order valence-electron chi connectivity index (χ0n) is 12.1. The van der Waals surface area contributed by atoms with Gasteiger partial charge < -0.3 is 9.47 Å². The van der Waals surface area contributed by atoms with E-state index in [9.17, 15) is 0 Å². The minimum atomic E-state index is -0.340. The minimum absolute atomic E-state index is 0.340. The molecule has 1 aromatic rings. The number of benzene rings is 1. The lowest BCUT2D eigenvalue weighted by atomic mass is 9.94. The topological polar surface area (TPSA) is 18.5 Å². The highest BCUT2D eigenvalue weighted by Gasteiger charge is 2.42. The predicted octanol–water partition coefficient (Wildman–Crippen LogP) is 5.02. The molecule has 104 valence electrons. The highest BCUT2D eigenvalue weighted by Crippen LogP contribution is 2.46. The first-order valence-corrected chi connectivity index (χ1v) is 7.78. The molecule has 1 heterocycles. The second-order valence-electron chi connectivity index (χ2n) is 5.90. The van der Waals surface area contributed by atoms with E-state index in [4.69, 9.17) is 9.47 Å². The van der Waals surface area contributed by atoms with Gasteiger partial charge in [0.15, 0.2) is 11.5 Å². The quantitative estimate of drug-likeness (QED) is 0.759. The lowest BCUT2D eigenvalue weighted by Gasteiger charge is -2.31. The van der Waals surface area contributed by atoms with Gasteiger partial charge in [0.25, 0.3) is 5.79 Å². The van der Waals surface area contributed by atoms with E-state index < -0.39 is 0 Å². The largest absolute Gasteiger partial charge is 0.448 e. The van der Waals surface area contributed by atoms with Gasteiger partial charge in [-0.05, 0) is 49.3 Å². The van der Waals surface area contributed by atoms with Crippen LogP contribution in [0.4, 0.5) is 0 Å². The molecule has 2 aliphatic rings. The zero-order valence-corrected chi connectivity index (χ0v) is 12.1. The van der Waals surface area contributed by atoms with Crippen molar-refractivity contribution in [3.63, 3.8) is 0 Å². The van der Waals surface area contributed by atoms with Crippen LogP contribution in [0.5, 0.6) is 11.5 Å². The molecular formula is C17H24O2. The molecule has 19 heavy (non-hydrogen) atoms. The molecule has 1 aliphatic carbocycles. The molecule has 1 saturated carbocycles. The average molecular weight is 260 g/mol. The fourth-order valence-electron chi connectivity index (χ4n) is 3.42. The van der Waals surface area contributed by atoms with Gasteiger partial charge >= 0.3 is 0 Å². The Labute approximate surface area is 116 Å². The van der Waals surface area contributed by atoms with Crippen LogP contribution in [0.15, 0.2) is 18.2 Å². The molecule has 1 fully saturated rings. The third-order valence-corrected chi connectivity index (χ3v) is 4.63. The van der Waals surface area contributed by atoms with E-state index in [1.54, 1.807) is 0 Å². The second-order valence-corrected chi connectivity index (χ2v) is 5.90. The van der Waals surface area contributed by atoms with Crippen molar-refractivity contribution in [1.82, 2.24) is 0 Å². The summed E-state index contributed by atoms with van der Waals surface area (Å²) in [5, 5.41) is 0. The van der Waals surface area contributed by atoms with E-state index in [0.717, 1.165) is 24.3 Å². The van der Waals surface area contributed by atoms with Crippen LogP contribution < -0.4 is 9.47 Å². The van der Waals surface area contributed by atoms with Crippen LogP contribution in [0.2, 0.25) is 0 Å². The number of hydrogen-bond acceptors (Lipinski definition) is 2. The fraction of sp³-hybridized carbons (Fsp3) is 0.647.